The van der Waals surface area contributed by atoms with Crippen LogP contribution in [0.2, 0.25) is 0 Å². The Labute approximate surface area is 318 Å². The molecule has 0 aliphatic heterocycles. The van der Waals surface area contributed by atoms with Crippen LogP contribution in [0, 0.1) is 0 Å². The average molecular weight is 695 g/mol. The third kappa shape index (κ3) is 6.06. The zero-order valence-electron chi connectivity index (χ0n) is 30.8. The van der Waals surface area contributed by atoms with Crippen molar-refractivity contribution in [2.75, 3.05) is 4.90 Å². The number of aryl methyl sites for hydroxylation is 2. The number of anilines is 3. The highest BCUT2D eigenvalue weighted by Crippen LogP contribution is 2.40. The van der Waals surface area contributed by atoms with Gasteiger partial charge in [-0.25, -0.2) is 0 Å². The number of hydrogen-bond donors (Lipinski definition) is 0. The van der Waals surface area contributed by atoms with Crippen molar-refractivity contribution < 1.29 is 0 Å². The number of hydrogen-bond acceptors (Lipinski definition) is 1. The number of rotatable bonds is 9. The first-order chi connectivity index (χ1) is 26.7. The van der Waals surface area contributed by atoms with E-state index in [2.05, 4.69) is 217 Å². The number of nitrogens with zero attached hydrogens (tertiary/aromatic N) is 2. The molecule has 0 radical (unpaired) electrons. The molecule has 0 aliphatic rings. The Kier molecular flexibility index (Phi) is 8.86. The molecular formula is C52H42N2. The summed E-state index contributed by atoms with van der Waals surface area (Å²) in [4.78, 5) is 2.39. The quantitative estimate of drug-likeness (QED) is 0.146. The molecule has 0 aliphatic carbocycles. The topological polar surface area (TPSA) is 8.17 Å². The Hall–Kier alpha value is -6.64. The monoisotopic (exact) mass is 694 g/mol. The van der Waals surface area contributed by atoms with E-state index in [4.69, 9.17) is 0 Å². The highest BCUT2D eigenvalue weighted by atomic mass is 15.1. The minimum absolute atomic E-state index is 0.949. The van der Waals surface area contributed by atoms with Crippen molar-refractivity contribution in [2.45, 2.75) is 26.7 Å². The predicted octanol–water partition coefficient (Wildman–Crippen LogP) is 14.4. The summed E-state index contributed by atoms with van der Waals surface area (Å²) >= 11 is 0. The van der Waals surface area contributed by atoms with E-state index in [1.165, 1.54) is 72.0 Å². The predicted molar refractivity (Wildman–Crippen MR) is 231 cm³/mol. The van der Waals surface area contributed by atoms with Crippen molar-refractivity contribution >= 4 is 38.9 Å². The van der Waals surface area contributed by atoms with Crippen molar-refractivity contribution in [1.82, 2.24) is 4.57 Å². The molecule has 0 amide bonds. The number of benzene rings is 8. The minimum atomic E-state index is 0.949. The van der Waals surface area contributed by atoms with Crippen LogP contribution in [0.4, 0.5) is 17.1 Å². The van der Waals surface area contributed by atoms with E-state index in [1.54, 1.807) is 0 Å². The molecule has 54 heavy (non-hydrogen) atoms. The maximum atomic E-state index is 2.39. The first-order valence-corrected chi connectivity index (χ1v) is 19.1. The summed E-state index contributed by atoms with van der Waals surface area (Å²) in [6.07, 6.45) is 1.96. The first kappa shape index (κ1) is 33.2. The van der Waals surface area contributed by atoms with Gasteiger partial charge < -0.3 is 9.47 Å². The van der Waals surface area contributed by atoms with E-state index in [1.807, 2.05) is 0 Å². The zero-order chi connectivity index (χ0) is 36.4. The fourth-order valence-electron chi connectivity index (χ4n) is 8.06. The van der Waals surface area contributed by atoms with Crippen molar-refractivity contribution in [3.63, 3.8) is 0 Å². The van der Waals surface area contributed by atoms with Gasteiger partial charge in [0.1, 0.15) is 0 Å². The molecule has 8 aromatic carbocycles. The van der Waals surface area contributed by atoms with Crippen LogP contribution in [0.3, 0.4) is 0 Å². The smallest absolute Gasteiger partial charge is 0.0541 e. The van der Waals surface area contributed by atoms with Gasteiger partial charge in [-0.15, -0.1) is 0 Å². The normalized spacial score (nSPS) is 11.3. The molecule has 2 heteroatoms. The van der Waals surface area contributed by atoms with Gasteiger partial charge in [-0.1, -0.05) is 141 Å². The number of aromatic nitrogens is 1. The average Bonchev–Trinajstić information content (AvgIpc) is 3.58. The van der Waals surface area contributed by atoms with Crippen LogP contribution in [-0.4, -0.2) is 4.57 Å². The van der Waals surface area contributed by atoms with Gasteiger partial charge in [-0.05, 0) is 124 Å². The lowest BCUT2D eigenvalue weighted by atomic mass is 9.92. The van der Waals surface area contributed by atoms with E-state index in [9.17, 15) is 0 Å². The maximum absolute atomic E-state index is 2.39. The Morgan fingerprint density at radius 3 is 1.59 bits per heavy atom. The summed E-state index contributed by atoms with van der Waals surface area (Å²) in [6.45, 7) is 4.50. The molecular weight excluding hydrogens is 653 g/mol. The van der Waals surface area contributed by atoms with Gasteiger partial charge in [-0.2, -0.15) is 0 Å². The van der Waals surface area contributed by atoms with E-state index in [-0.39, 0.29) is 0 Å². The zero-order valence-corrected chi connectivity index (χ0v) is 30.8. The van der Waals surface area contributed by atoms with Crippen LogP contribution >= 0.6 is 0 Å². The largest absolute Gasteiger partial charge is 0.310 e. The summed E-state index contributed by atoms with van der Waals surface area (Å²) in [5.74, 6) is 0. The van der Waals surface area contributed by atoms with Crippen molar-refractivity contribution in [3.8, 4) is 39.1 Å². The van der Waals surface area contributed by atoms with Crippen LogP contribution in [0.5, 0.6) is 0 Å². The van der Waals surface area contributed by atoms with Gasteiger partial charge in [0.25, 0.3) is 0 Å². The standard InChI is InChI=1S/C52H42N2/c1-3-37-15-11-12-20-47(37)48-33-32-46(35-38(48)4-2)53(44-28-23-40(24-29-44)39-16-7-5-8-17-39)45-30-25-41(26-31-45)42-27-34-52-50(36-42)49-21-13-14-22-51(49)54(52)43-18-9-6-10-19-43/h5-36H,3-4H2,1-2H3. The van der Waals surface area contributed by atoms with Crippen LogP contribution < -0.4 is 4.90 Å². The van der Waals surface area contributed by atoms with E-state index >= 15 is 0 Å². The molecule has 0 atom stereocenters. The molecule has 9 rings (SSSR count). The fraction of sp³-hybridized carbons (Fsp3) is 0.0769. The molecule has 0 saturated carbocycles. The Morgan fingerprint density at radius 2 is 0.889 bits per heavy atom. The lowest BCUT2D eigenvalue weighted by molar-refractivity contribution is 1.11. The fourth-order valence-corrected chi connectivity index (χ4v) is 8.06. The second-order valence-electron chi connectivity index (χ2n) is 13.9. The highest BCUT2D eigenvalue weighted by molar-refractivity contribution is 6.10. The van der Waals surface area contributed by atoms with Crippen molar-refractivity contribution in [1.29, 1.82) is 0 Å². The van der Waals surface area contributed by atoms with Crippen LogP contribution in [0.15, 0.2) is 194 Å². The molecule has 0 unspecified atom stereocenters. The van der Waals surface area contributed by atoms with E-state index in [0.717, 1.165) is 29.9 Å². The molecule has 0 N–H and O–H groups in total. The van der Waals surface area contributed by atoms with Crippen molar-refractivity contribution in [2.24, 2.45) is 0 Å². The molecule has 260 valence electrons. The molecule has 1 aromatic heterocycles. The molecule has 2 nitrogen and oxygen atoms in total. The van der Waals surface area contributed by atoms with Crippen molar-refractivity contribution in [3.05, 3.63) is 205 Å². The van der Waals surface area contributed by atoms with Gasteiger partial charge in [-0.3, -0.25) is 0 Å². The lowest BCUT2D eigenvalue weighted by Gasteiger charge is -2.27. The van der Waals surface area contributed by atoms with Gasteiger partial charge in [0.2, 0.25) is 0 Å². The van der Waals surface area contributed by atoms with Crippen LogP contribution in [0.25, 0.3) is 60.9 Å². The molecule has 0 saturated heterocycles. The Balaban J connectivity index is 1.13. The van der Waals surface area contributed by atoms with Gasteiger partial charge in [0.15, 0.2) is 0 Å². The summed E-state index contributed by atoms with van der Waals surface area (Å²) in [5, 5.41) is 2.52. The third-order valence-corrected chi connectivity index (χ3v) is 10.8. The summed E-state index contributed by atoms with van der Waals surface area (Å²) in [7, 11) is 0. The van der Waals surface area contributed by atoms with Crippen LogP contribution in [0.1, 0.15) is 25.0 Å². The minimum Gasteiger partial charge on any atom is -0.310 e. The molecule has 0 bridgehead atoms. The Morgan fingerprint density at radius 1 is 0.370 bits per heavy atom. The number of fused-ring (bicyclic) bond motifs is 3. The maximum Gasteiger partial charge on any atom is 0.0541 e. The highest BCUT2D eigenvalue weighted by Gasteiger charge is 2.17. The summed E-state index contributed by atoms with van der Waals surface area (Å²) in [5.41, 5.74) is 17.2. The molecule has 1 heterocycles. The SMILES string of the molecule is CCc1ccccc1-c1ccc(N(c2ccc(-c3ccccc3)cc2)c2ccc(-c3ccc4c(c3)c3ccccc3n4-c3ccccc3)cc2)cc1CC. The lowest BCUT2D eigenvalue weighted by Crippen LogP contribution is -2.10. The van der Waals surface area contributed by atoms with Gasteiger partial charge in [0, 0.05) is 33.5 Å². The Bertz CT molecular complexity index is 2700. The summed E-state index contributed by atoms with van der Waals surface area (Å²) in [6, 6.07) is 70.7. The second-order valence-corrected chi connectivity index (χ2v) is 13.9. The third-order valence-electron chi connectivity index (χ3n) is 10.8. The first-order valence-electron chi connectivity index (χ1n) is 19.1. The number of para-hydroxylation sites is 2. The van der Waals surface area contributed by atoms with Gasteiger partial charge >= 0.3 is 0 Å². The van der Waals surface area contributed by atoms with E-state index in [0.29, 0.717) is 0 Å². The summed E-state index contributed by atoms with van der Waals surface area (Å²) < 4.78 is 2.37. The van der Waals surface area contributed by atoms with E-state index < -0.39 is 0 Å². The second kappa shape index (κ2) is 14.4. The molecule has 0 spiro atoms. The van der Waals surface area contributed by atoms with Gasteiger partial charge in [0.05, 0.1) is 11.0 Å². The van der Waals surface area contributed by atoms with Crippen LogP contribution in [-0.2, 0) is 12.8 Å². The molecule has 9 aromatic rings. The molecule has 0 fully saturated rings.